The Morgan fingerprint density at radius 1 is 1.03 bits per heavy atom. The van der Waals surface area contributed by atoms with Crippen LogP contribution in [-0.4, -0.2) is 31.6 Å². The maximum atomic E-state index is 12.7. The Morgan fingerprint density at radius 3 is 2.37 bits per heavy atom. The third-order valence-corrected chi connectivity index (χ3v) is 5.30. The fraction of sp³-hybridized carbons (Fsp3) is 0.417. The Morgan fingerprint density at radius 2 is 1.70 bits per heavy atom. The molecule has 1 aliphatic heterocycles. The summed E-state index contributed by atoms with van der Waals surface area (Å²) in [6.45, 7) is 9.17. The van der Waals surface area contributed by atoms with E-state index in [1.54, 1.807) is 0 Å². The van der Waals surface area contributed by atoms with Gasteiger partial charge in [-0.25, -0.2) is 0 Å². The number of ether oxygens (including phenoxy) is 2. The first-order valence-corrected chi connectivity index (χ1v) is 10.2. The average Bonchev–Trinajstić information content (AvgIpc) is 2.72. The van der Waals surface area contributed by atoms with E-state index >= 15 is 0 Å². The van der Waals surface area contributed by atoms with Crippen molar-refractivity contribution < 1.29 is 19.1 Å². The summed E-state index contributed by atoms with van der Waals surface area (Å²) in [5, 5.41) is 5.90. The molecule has 0 aromatic heterocycles. The molecule has 0 aliphatic carbocycles. The molecule has 2 aromatic rings. The molecule has 160 valence electrons. The van der Waals surface area contributed by atoms with Crippen molar-refractivity contribution in [2.45, 2.75) is 45.6 Å². The molecule has 0 saturated carbocycles. The number of hydrogen-bond donors (Lipinski definition) is 2. The molecule has 1 atom stereocenters. The lowest BCUT2D eigenvalue weighted by Gasteiger charge is -2.28. The summed E-state index contributed by atoms with van der Waals surface area (Å²) >= 11 is 0. The first kappa shape index (κ1) is 21.7. The monoisotopic (exact) mass is 410 g/mol. The van der Waals surface area contributed by atoms with Gasteiger partial charge in [-0.3, -0.25) is 9.59 Å². The number of rotatable bonds is 7. The van der Waals surface area contributed by atoms with Crippen molar-refractivity contribution >= 4 is 11.8 Å². The minimum atomic E-state index is -0.361. The molecule has 2 amide bonds. The Labute approximate surface area is 178 Å². The minimum Gasteiger partial charge on any atom is -0.486 e. The highest BCUT2D eigenvalue weighted by molar-refractivity contribution is 5.79. The molecule has 0 saturated heterocycles. The molecule has 1 unspecified atom stereocenters. The number of fused-ring (bicyclic) bond motifs is 1. The molecule has 30 heavy (non-hydrogen) atoms. The molecular weight excluding hydrogens is 380 g/mol. The Kier molecular flexibility index (Phi) is 6.65. The molecule has 0 spiro atoms. The fourth-order valence-electron chi connectivity index (χ4n) is 3.44. The second kappa shape index (κ2) is 9.20. The quantitative estimate of drug-likeness (QED) is 0.733. The molecule has 1 aliphatic rings. The van der Waals surface area contributed by atoms with Gasteiger partial charge in [0.15, 0.2) is 11.5 Å². The largest absolute Gasteiger partial charge is 0.486 e. The lowest BCUT2D eigenvalue weighted by atomic mass is 9.84. The van der Waals surface area contributed by atoms with Gasteiger partial charge in [0.25, 0.3) is 0 Å². The van der Waals surface area contributed by atoms with Gasteiger partial charge in [0.05, 0.1) is 12.5 Å². The zero-order valence-electron chi connectivity index (χ0n) is 18.1. The van der Waals surface area contributed by atoms with Crippen molar-refractivity contribution in [3.05, 3.63) is 59.2 Å². The van der Waals surface area contributed by atoms with Gasteiger partial charge in [-0.2, -0.15) is 0 Å². The Balaban J connectivity index is 1.64. The van der Waals surface area contributed by atoms with Crippen LogP contribution < -0.4 is 20.1 Å². The SMILES string of the molecule is CC(=O)NC(CC(=O)NCC(C)(C)c1ccc2c(c1)OCCO2)c1ccc(C)cc1. The van der Waals surface area contributed by atoms with Crippen LogP contribution in [0.5, 0.6) is 11.5 Å². The van der Waals surface area contributed by atoms with Crippen molar-refractivity contribution in [2.75, 3.05) is 19.8 Å². The summed E-state index contributed by atoms with van der Waals surface area (Å²) < 4.78 is 11.3. The van der Waals surface area contributed by atoms with Gasteiger partial charge in [-0.05, 0) is 30.2 Å². The second-order valence-electron chi connectivity index (χ2n) is 8.39. The van der Waals surface area contributed by atoms with Crippen molar-refractivity contribution in [2.24, 2.45) is 0 Å². The van der Waals surface area contributed by atoms with E-state index in [4.69, 9.17) is 9.47 Å². The van der Waals surface area contributed by atoms with E-state index in [2.05, 4.69) is 24.5 Å². The molecule has 0 bridgehead atoms. The molecule has 2 aromatic carbocycles. The van der Waals surface area contributed by atoms with Crippen LogP contribution in [0.15, 0.2) is 42.5 Å². The topological polar surface area (TPSA) is 76.7 Å². The zero-order chi connectivity index (χ0) is 21.7. The van der Waals surface area contributed by atoms with E-state index < -0.39 is 0 Å². The van der Waals surface area contributed by atoms with Gasteiger partial charge >= 0.3 is 0 Å². The summed E-state index contributed by atoms with van der Waals surface area (Å²) in [7, 11) is 0. The van der Waals surface area contributed by atoms with Crippen molar-refractivity contribution in [1.29, 1.82) is 0 Å². The third kappa shape index (κ3) is 5.53. The third-order valence-electron chi connectivity index (χ3n) is 5.30. The highest BCUT2D eigenvalue weighted by Gasteiger charge is 2.25. The predicted octanol–water partition coefficient (Wildman–Crippen LogP) is 3.43. The molecule has 2 N–H and O–H groups in total. The van der Waals surface area contributed by atoms with Gasteiger partial charge in [0.1, 0.15) is 13.2 Å². The number of nitrogens with one attached hydrogen (secondary N) is 2. The van der Waals surface area contributed by atoms with E-state index in [-0.39, 0.29) is 29.7 Å². The first-order valence-electron chi connectivity index (χ1n) is 10.2. The van der Waals surface area contributed by atoms with Crippen LogP contribution in [0, 0.1) is 6.92 Å². The summed E-state index contributed by atoms with van der Waals surface area (Å²) in [4.78, 5) is 24.3. The summed E-state index contributed by atoms with van der Waals surface area (Å²) in [5.41, 5.74) is 2.81. The molecule has 1 heterocycles. The van der Waals surface area contributed by atoms with Crippen molar-refractivity contribution in [3.8, 4) is 11.5 Å². The Bertz CT molecular complexity index is 906. The molecule has 0 radical (unpaired) electrons. The standard InChI is InChI=1S/C24H30N2O4/c1-16-5-7-18(8-6-16)20(26-17(2)27)14-23(28)25-15-24(3,4)19-9-10-21-22(13-19)30-12-11-29-21/h5-10,13,20H,11-12,14-15H2,1-4H3,(H,25,28)(H,26,27). The van der Waals surface area contributed by atoms with Crippen LogP contribution in [0.25, 0.3) is 0 Å². The van der Waals surface area contributed by atoms with E-state index in [0.29, 0.717) is 19.8 Å². The maximum absolute atomic E-state index is 12.7. The van der Waals surface area contributed by atoms with Crippen LogP contribution in [0.1, 0.15) is 49.9 Å². The van der Waals surface area contributed by atoms with E-state index in [9.17, 15) is 9.59 Å². The predicted molar refractivity (Wildman–Crippen MR) is 116 cm³/mol. The van der Waals surface area contributed by atoms with Crippen LogP contribution >= 0.6 is 0 Å². The molecular formula is C24H30N2O4. The Hall–Kier alpha value is -3.02. The molecule has 0 fully saturated rings. The van der Waals surface area contributed by atoms with Crippen molar-refractivity contribution in [1.82, 2.24) is 10.6 Å². The second-order valence-corrected chi connectivity index (χ2v) is 8.39. The summed E-state index contributed by atoms with van der Waals surface area (Å²) in [6, 6.07) is 13.4. The zero-order valence-corrected chi connectivity index (χ0v) is 18.1. The normalized spacial score (nSPS) is 14.0. The number of benzene rings is 2. The summed E-state index contributed by atoms with van der Waals surface area (Å²) in [5.74, 6) is 1.22. The number of carbonyl (C=O) groups excluding carboxylic acids is 2. The molecule has 6 nitrogen and oxygen atoms in total. The molecule has 3 rings (SSSR count). The van der Waals surface area contributed by atoms with Gasteiger partial charge in [0, 0.05) is 18.9 Å². The number of hydrogen-bond acceptors (Lipinski definition) is 4. The lowest BCUT2D eigenvalue weighted by Crippen LogP contribution is -2.39. The fourth-order valence-corrected chi connectivity index (χ4v) is 3.44. The van der Waals surface area contributed by atoms with Gasteiger partial charge in [-0.15, -0.1) is 0 Å². The number of carbonyl (C=O) groups is 2. The summed E-state index contributed by atoms with van der Waals surface area (Å²) in [6.07, 6.45) is 0.180. The van der Waals surface area contributed by atoms with Crippen LogP contribution in [0.4, 0.5) is 0 Å². The molecule has 6 heteroatoms. The highest BCUT2D eigenvalue weighted by atomic mass is 16.6. The highest BCUT2D eigenvalue weighted by Crippen LogP contribution is 2.35. The van der Waals surface area contributed by atoms with E-state index in [0.717, 1.165) is 28.2 Å². The van der Waals surface area contributed by atoms with Gasteiger partial charge in [-0.1, -0.05) is 49.7 Å². The van der Waals surface area contributed by atoms with Crippen LogP contribution in [-0.2, 0) is 15.0 Å². The first-order chi connectivity index (χ1) is 14.2. The van der Waals surface area contributed by atoms with Gasteiger partial charge < -0.3 is 20.1 Å². The minimum absolute atomic E-state index is 0.111. The van der Waals surface area contributed by atoms with Gasteiger partial charge in [0.2, 0.25) is 11.8 Å². The maximum Gasteiger partial charge on any atom is 0.222 e. The van der Waals surface area contributed by atoms with E-state index in [1.807, 2.05) is 49.4 Å². The number of amides is 2. The van der Waals surface area contributed by atoms with E-state index in [1.165, 1.54) is 6.92 Å². The smallest absolute Gasteiger partial charge is 0.222 e. The average molecular weight is 411 g/mol. The number of aryl methyl sites for hydroxylation is 1. The van der Waals surface area contributed by atoms with Crippen LogP contribution in [0.2, 0.25) is 0 Å². The lowest BCUT2D eigenvalue weighted by molar-refractivity contribution is -0.123. The van der Waals surface area contributed by atoms with Crippen molar-refractivity contribution in [3.63, 3.8) is 0 Å². The van der Waals surface area contributed by atoms with Crippen LogP contribution in [0.3, 0.4) is 0 Å².